The van der Waals surface area contributed by atoms with Crippen molar-refractivity contribution in [3.63, 3.8) is 0 Å². The summed E-state index contributed by atoms with van der Waals surface area (Å²) in [4.78, 5) is 22.5. The van der Waals surface area contributed by atoms with Crippen LogP contribution < -0.4 is 5.32 Å². The Morgan fingerprint density at radius 3 is 2.55 bits per heavy atom. The highest BCUT2D eigenvalue weighted by molar-refractivity contribution is 5.94. The second kappa shape index (κ2) is 6.19. The Morgan fingerprint density at radius 1 is 1.15 bits per heavy atom. The van der Waals surface area contributed by atoms with Crippen LogP contribution in [-0.4, -0.2) is 17.0 Å². The average Bonchev–Trinajstić information content (AvgIpc) is 2.44. The average molecular weight is 271 g/mol. The highest BCUT2D eigenvalue weighted by Gasteiger charge is 2.13. The molecule has 0 aliphatic carbocycles. The summed E-state index contributed by atoms with van der Waals surface area (Å²) in [6.07, 6.45) is 0.551. The molecule has 0 bridgehead atoms. The van der Waals surface area contributed by atoms with Crippen molar-refractivity contribution in [1.29, 1.82) is 0 Å². The molecule has 0 aliphatic heterocycles. The molecule has 20 heavy (non-hydrogen) atoms. The number of benzene rings is 2. The minimum absolute atomic E-state index is 0.159. The Bertz CT molecular complexity index is 636. The van der Waals surface area contributed by atoms with Gasteiger partial charge in [-0.2, -0.15) is 0 Å². The van der Waals surface area contributed by atoms with Gasteiger partial charge in [-0.15, -0.1) is 0 Å². The van der Waals surface area contributed by atoms with Gasteiger partial charge in [0.25, 0.3) is 0 Å². The van der Waals surface area contributed by atoms with Crippen LogP contribution in [0.2, 0.25) is 0 Å². The first-order valence-corrected chi connectivity index (χ1v) is 6.58. The summed E-state index contributed by atoms with van der Waals surface area (Å²) >= 11 is 0. The van der Waals surface area contributed by atoms with Crippen molar-refractivity contribution in [3.8, 4) is 0 Å². The van der Waals surface area contributed by atoms with Crippen molar-refractivity contribution in [2.45, 2.75) is 19.8 Å². The fourth-order valence-corrected chi connectivity index (χ4v) is 1.96. The highest BCUT2D eigenvalue weighted by atomic mass is 16.4. The van der Waals surface area contributed by atoms with Gasteiger partial charge in [0.15, 0.2) is 0 Å². The van der Waals surface area contributed by atoms with E-state index in [4.69, 9.17) is 5.11 Å². The lowest BCUT2D eigenvalue weighted by atomic mass is 10.1. The van der Waals surface area contributed by atoms with Gasteiger partial charge in [0.1, 0.15) is 0 Å². The van der Waals surface area contributed by atoms with Crippen LogP contribution in [0.15, 0.2) is 42.5 Å². The van der Waals surface area contributed by atoms with Gasteiger partial charge in [-0.05, 0) is 29.3 Å². The molecule has 0 aliphatic rings. The van der Waals surface area contributed by atoms with Gasteiger partial charge in [-0.25, -0.2) is 0 Å². The number of hydrogen-bond acceptors (Lipinski definition) is 2. The summed E-state index contributed by atoms with van der Waals surface area (Å²) in [5, 5.41) is 13.7. The fraction of sp³-hybridized carbons (Fsp3) is 0.250. The number of anilines is 1. The van der Waals surface area contributed by atoms with E-state index in [1.165, 1.54) is 0 Å². The van der Waals surface area contributed by atoms with E-state index in [-0.39, 0.29) is 12.3 Å². The maximum absolute atomic E-state index is 11.8. The maximum Gasteiger partial charge on any atom is 0.306 e. The molecular weight excluding hydrogens is 254 g/mol. The lowest BCUT2D eigenvalue weighted by molar-refractivity contribution is -0.141. The van der Waals surface area contributed by atoms with Crippen LogP contribution in [0.1, 0.15) is 19.8 Å². The second-order valence-corrected chi connectivity index (χ2v) is 4.89. The van der Waals surface area contributed by atoms with Crippen LogP contribution in [0.5, 0.6) is 0 Å². The van der Waals surface area contributed by atoms with Crippen molar-refractivity contribution in [3.05, 3.63) is 42.5 Å². The van der Waals surface area contributed by atoms with E-state index >= 15 is 0 Å². The van der Waals surface area contributed by atoms with Crippen molar-refractivity contribution >= 4 is 28.3 Å². The molecule has 1 atom stereocenters. The number of aliphatic carboxylic acids is 1. The zero-order valence-electron chi connectivity index (χ0n) is 11.3. The Labute approximate surface area is 117 Å². The van der Waals surface area contributed by atoms with Crippen molar-refractivity contribution < 1.29 is 14.7 Å². The smallest absolute Gasteiger partial charge is 0.306 e. The Hall–Kier alpha value is -2.36. The summed E-state index contributed by atoms with van der Waals surface area (Å²) in [7, 11) is 0. The van der Waals surface area contributed by atoms with E-state index in [0.717, 1.165) is 16.5 Å². The molecule has 0 aromatic heterocycles. The van der Waals surface area contributed by atoms with E-state index in [1.807, 2.05) is 42.5 Å². The number of carboxylic acids is 1. The summed E-state index contributed by atoms with van der Waals surface area (Å²) in [5.41, 5.74) is 0.733. The minimum Gasteiger partial charge on any atom is -0.481 e. The van der Waals surface area contributed by atoms with Gasteiger partial charge < -0.3 is 10.4 Å². The first-order valence-electron chi connectivity index (χ1n) is 6.58. The largest absolute Gasteiger partial charge is 0.481 e. The molecule has 4 heteroatoms. The molecule has 0 saturated heterocycles. The minimum atomic E-state index is -0.872. The Kier molecular flexibility index (Phi) is 4.35. The third-order valence-electron chi connectivity index (χ3n) is 3.26. The van der Waals surface area contributed by atoms with Gasteiger partial charge in [0, 0.05) is 12.1 Å². The van der Waals surface area contributed by atoms with Crippen molar-refractivity contribution in [2.24, 2.45) is 5.92 Å². The molecular formula is C16H17NO3. The number of rotatable bonds is 5. The number of carboxylic acid groups (broad SMARTS) is 1. The van der Waals surface area contributed by atoms with Crippen LogP contribution in [0.25, 0.3) is 10.8 Å². The number of hydrogen-bond donors (Lipinski definition) is 2. The molecule has 1 amide bonds. The zero-order valence-corrected chi connectivity index (χ0v) is 11.3. The van der Waals surface area contributed by atoms with Crippen molar-refractivity contribution in [1.82, 2.24) is 0 Å². The molecule has 2 rings (SSSR count). The van der Waals surface area contributed by atoms with E-state index < -0.39 is 11.9 Å². The molecule has 0 spiro atoms. The molecule has 0 unspecified atom stereocenters. The number of carbonyl (C=O) groups excluding carboxylic acids is 1. The Morgan fingerprint density at radius 2 is 1.85 bits per heavy atom. The first-order chi connectivity index (χ1) is 9.56. The van der Waals surface area contributed by atoms with Crippen LogP contribution in [0.4, 0.5) is 5.69 Å². The first kappa shape index (κ1) is 14.1. The summed E-state index contributed by atoms with van der Waals surface area (Å²) in [5.74, 6) is -1.53. The standard InChI is InChI=1S/C16H17NO3/c1-11(16(19)20)6-9-15(18)17-14-8-7-12-4-2-3-5-13(12)10-14/h2-5,7-8,10-11H,6,9H2,1H3,(H,17,18)(H,19,20)/t11-/m0/s1. The number of fused-ring (bicyclic) bond motifs is 1. The van der Waals surface area contributed by atoms with E-state index in [0.29, 0.717) is 6.42 Å². The SMILES string of the molecule is C[C@@H](CCC(=O)Nc1ccc2ccccc2c1)C(=O)O. The molecule has 2 N–H and O–H groups in total. The fourth-order valence-electron chi connectivity index (χ4n) is 1.96. The zero-order chi connectivity index (χ0) is 14.5. The molecule has 0 radical (unpaired) electrons. The summed E-state index contributed by atoms with van der Waals surface area (Å²) in [6.45, 7) is 1.60. The normalized spacial score (nSPS) is 12.1. The number of carbonyl (C=O) groups is 2. The molecule has 2 aromatic carbocycles. The maximum atomic E-state index is 11.8. The van der Waals surface area contributed by atoms with Crippen LogP contribution in [0.3, 0.4) is 0 Å². The van der Waals surface area contributed by atoms with Crippen LogP contribution >= 0.6 is 0 Å². The summed E-state index contributed by atoms with van der Waals surface area (Å²) in [6, 6.07) is 13.6. The number of amides is 1. The van der Waals surface area contributed by atoms with Crippen molar-refractivity contribution in [2.75, 3.05) is 5.32 Å². The second-order valence-electron chi connectivity index (χ2n) is 4.89. The van der Waals surface area contributed by atoms with Gasteiger partial charge in [0.05, 0.1) is 5.92 Å². The molecule has 4 nitrogen and oxygen atoms in total. The van der Waals surface area contributed by atoms with E-state index in [2.05, 4.69) is 5.32 Å². The van der Waals surface area contributed by atoms with E-state index in [1.54, 1.807) is 6.92 Å². The van der Waals surface area contributed by atoms with E-state index in [9.17, 15) is 9.59 Å². The van der Waals surface area contributed by atoms with Crippen LogP contribution in [0, 0.1) is 5.92 Å². The quantitative estimate of drug-likeness (QED) is 0.877. The van der Waals surface area contributed by atoms with Gasteiger partial charge >= 0.3 is 5.97 Å². The lowest BCUT2D eigenvalue weighted by Gasteiger charge is -2.08. The Balaban J connectivity index is 1.97. The highest BCUT2D eigenvalue weighted by Crippen LogP contribution is 2.19. The predicted molar refractivity (Wildman–Crippen MR) is 78.6 cm³/mol. The molecule has 2 aromatic rings. The van der Waals surface area contributed by atoms with Gasteiger partial charge in [0.2, 0.25) is 5.91 Å². The molecule has 0 heterocycles. The third kappa shape index (κ3) is 3.57. The monoisotopic (exact) mass is 271 g/mol. The van der Waals surface area contributed by atoms with Gasteiger partial charge in [-0.1, -0.05) is 37.3 Å². The third-order valence-corrected chi connectivity index (χ3v) is 3.26. The van der Waals surface area contributed by atoms with Gasteiger partial charge in [-0.3, -0.25) is 9.59 Å². The summed E-state index contributed by atoms with van der Waals surface area (Å²) < 4.78 is 0. The lowest BCUT2D eigenvalue weighted by Crippen LogP contribution is -2.16. The predicted octanol–water partition coefficient (Wildman–Crippen LogP) is 3.28. The topological polar surface area (TPSA) is 66.4 Å². The molecule has 0 saturated carbocycles. The molecule has 104 valence electrons. The molecule has 0 fully saturated rings. The van der Waals surface area contributed by atoms with Crippen LogP contribution in [-0.2, 0) is 9.59 Å². The number of nitrogens with one attached hydrogen (secondary N) is 1.